The molecule has 0 fully saturated rings. The van der Waals surface area contributed by atoms with Crippen molar-refractivity contribution >= 4 is 23.2 Å². The first kappa shape index (κ1) is 22.8. The van der Waals surface area contributed by atoms with E-state index < -0.39 is 46.7 Å². The number of nitrogens with zero attached hydrogens (tertiary/aromatic N) is 1. The first-order chi connectivity index (χ1) is 15.0. The lowest BCUT2D eigenvalue weighted by Crippen LogP contribution is -2.19. The van der Waals surface area contributed by atoms with Crippen LogP contribution in [0.2, 0.25) is 0 Å². The number of hydrogen-bond acceptors (Lipinski definition) is 3. The Kier molecular flexibility index (Phi) is 6.19. The molecule has 0 aliphatic rings. The van der Waals surface area contributed by atoms with Gasteiger partial charge in [0.05, 0.1) is 28.1 Å². The molecule has 3 aromatic rings. The van der Waals surface area contributed by atoms with Crippen molar-refractivity contribution in [3.05, 3.63) is 89.2 Å². The van der Waals surface area contributed by atoms with Gasteiger partial charge in [-0.25, -0.2) is 0 Å². The summed E-state index contributed by atoms with van der Waals surface area (Å²) in [5, 5.41) is 4.22. The molecule has 0 aliphatic heterocycles. The van der Waals surface area contributed by atoms with Gasteiger partial charge in [-0.2, -0.15) is 26.3 Å². The van der Waals surface area contributed by atoms with Crippen LogP contribution in [-0.4, -0.2) is 16.8 Å². The highest BCUT2D eigenvalue weighted by atomic mass is 19.4. The Labute approximate surface area is 177 Å². The average molecular weight is 453 g/mol. The topological polar surface area (TPSA) is 71.1 Å². The van der Waals surface area contributed by atoms with Crippen molar-refractivity contribution in [2.45, 2.75) is 12.4 Å². The summed E-state index contributed by atoms with van der Waals surface area (Å²) in [4.78, 5) is 28.3. The Hall–Kier alpha value is -3.89. The zero-order valence-corrected chi connectivity index (χ0v) is 15.9. The predicted molar refractivity (Wildman–Crippen MR) is 103 cm³/mol. The van der Waals surface area contributed by atoms with E-state index in [1.807, 2.05) is 0 Å². The average Bonchev–Trinajstić information content (AvgIpc) is 2.73. The van der Waals surface area contributed by atoms with Crippen LogP contribution < -0.4 is 10.6 Å². The second-order valence-corrected chi connectivity index (χ2v) is 6.43. The number of nitrogens with one attached hydrogen (secondary N) is 2. The third-order valence-electron chi connectivity index (χ3n) is 4.22. The molecule has 0 radical (unpaired) electrons. The summed E-state index contributed by atoms with van der Waals surface area (Å²) in [7, 11) is 0. The number of benzene rings is 2. The van der Waals surface area contributed by atoms with Gasteiger partial charge in [0.2, 0.25) is 0 Å². The number of pyridine rings is 1. The largest absolute Gasteiger partial charge is 0.418 e. The van der Waals surface area contributed by atoms with Crippen molar-refractivity contribution in [3.63, 3.8) is 0 Å². The highest BCUT2D eigenvalue weighted by Crippen LogP contribution is 2.35. The Morgan fingerprint density at radius 3 is 1.56 bits per heavy atom. The zero-order valence-electron chi connectivity index (χ0n) is 15.9. The lowest BCUT2D eigenvalue weighted by molar-refractivity contribution is -0.137. The van der Waals surface area contributed by atoms with Gasteiger partial charge in [0, 0.05) is 6.20 Å². The van der Waals surface area contributed by atoms with Gasteiger partial charge in [0.25, 0.3) is 11.8 Å². The van der Waals surface area contributed by atoms with Crippen LogP contribution in [0.25, 0.3) is 0 Å². The van der Waals surface area contributed by atoms with Crippen LogP contribution in [0, 0.1) is 0 Å². The number of anilines is 2. The molecule has 2 amide bonds. The molecule has 0 spiro atoms. The second-order valence-electron chi connectivity index (χ2n) is 6.43. The molecule has 0 unspecified atom stereocenters. The number of alkyl halides is 6. The van der Waals surface area contributed by atoms with E-state index in [2.05, 4.69) is 15.6 Å². The summed E-state index contributed by atoms with van der Waals surface area (Å²) in [6, 6.07) is 10.9. The summed E-state index contributed by atoms with van der Waals surface area (Å²) in [6.07, 6.45) is -8.45. The number of halogens is 6. The van der Waals surface area contributed by atoms with E-state index in [0.29, 0.717) is 0 Å². The van der Waals surface area contributed by atoms with Gasteiger partial charge in [0.15, 0.2) is 0 Å². The van der Waals surface area contributed by atoms with Crippen LogP contribution in [0.1, 0.15) is 32.0 Å². The molecule has 0 aliphatic carbocycles. The zero-order chi connectivity index (χ0) is 23.5. The number of para-hydroxylation sites is 2. The van der Waals surface area contributed by atoms with Gasteiger partial charge in [-0.05, 0) is 36.4 Å². The maximum Gasteiger partial charge on any atom is 0.418 e. The fourth-order valence-corrected chi connectivity index (χ4v) is 2.72. The van der Waals surface area contributed by atoms with Gasteiger partial charge < -0.3 is 10.6 Å². The summed E-state index contributed by atoms with van der Waals surface area (Å²) < 4.78 is 78.3. The molecule has 1 aromatic heterocycles. The third kappa shape index (κ3) is 5.23. The smallest absolute Gasteiger partial charge is 0.321 e. The van der Waals surface area contributed by atoms with E-state index in [-0.39, 0.29) is 11.3 Å². The van der Waals surface area contributed by atoms with E-state index >= 15 is 0 Å². The molecular weight excluding hydrogens is 440 g/mol. The predicted octanol–water partition coefficient (Wildman–Crippen LogP) is 5.62. The van der Waals surface area contributed by atoms with Crippen LogP contribution in [0.5, 0.6) is 0 Å². The summed E-state index contributed by atoms with van der Waals surface area (Å²) in [5.41, 5.74) is -3.48. The van der Waals surface area contributed by atoms with Gasteiger partial charge in [-0.3, -0.25) is 14.6 Å². The standard InChI is InChI=1S/C21H13F6N3O2/c22-20(23,24)13-5-1-3-7-15(13)29-18(31)12-9-10-17(28-11-12)19(32)30-16-8-4-2-6-14(16)21(25,26)27/h1-11H,(H,29,31)(H,30,32). The number of aromatic nitrogens is 1. The highest BCUT2D eigenvalue weighted by Gasteiger charge is 2.34. The van der Waals surface area contributed by atoms with Gasteiger partial charge in [-0.1, -0.05) is 24.3 Å². The lowest BCUT2D eigenvalue weighted by atomic mass is 10.1. The van der Waals surface area contributed by atoms with E-state index in [4.69, 9.17) is 0 Å². The normalized spacial score (nSPS) is 11.7. The molecule has 2 N–H and O–H groups in total. The molecular formula is C21H13F6N3O2. The maximum atomic E-state index is 13.0. The molecule has 3 rings (SSSR count). The van der Waals surface area contributed by atoms with Gasteiger partial charge in [-0.15, -0.1) is 0 Å². The van der Waals surface area contributed by atoms with Crippen LogP contribution in [-0.2, 0) is 12.4 Å². The molecule has 11 heteroatoms. The van der Waals surface area contributed by atoms with E-state index in [1.165, 1.54) is 24.3 Å². The number of amides is 2. The first-order valence-corrected chi connectivity index (χ1v) is 8.88. The minimum absolute atomic E-state index is 0.158. The van der Waals surface area contributed by atoms with Crippen LogP contribution in [0.3, 0.4) is 0 Å². The monoisotopic (exact) mass is 453 g/mol. The SMILES string of the molecule is O=C(Nc1ccccc1C(F)(F)F)c1ccc(C(=O)Nc2ccccc2C(F)(F)F)nc1. The quantitative estimate of drug-likeness (QED) is 0.504. The van der Waals surface area contributed by atoms with Crippen molar-refractivity contribution in [1.29, 1.82) is 0 Å². The number of hydrogen-bond donors (Lipinski definition) is 2. The third-order valence-corrected chi connectivity index (χ3v) is 4.22. The number of carbonyl (C=O) groups excluding carboxylic acids is 2. The van der Waals surface area contributed by atoms with Crippen molar-refractivity contribution in [3.8, 4) is 0 Å². The molecule has 0 atom stereocenters. The van der Waals surface area contributed by atoms with Gasteiger partial charge in [0.1, 0.15) is 5.69 Å². The van der Waals surface area contributed by atoms with Gasteiger partial charge >= 0.3 is 12.4 Å². The minimum Gasteiger partial charge on any atom is -0.321 e. The second kappa shape index (κ2) is 8.69. The van der Waals surface area contributed by atoms with Crippen molar-refractivity contribution < 1.29 is 35.9 Å². The van der Waals surface area contributed by atoms with Crippen molar-refractivity contribution in [2.75, 3.05) is 10.6 Å². The highest BCUT2D eigenvalue weighted by molar-refractivity contribution is 6.06. The number of rotatable bonds is 4. The summed E-state index contributed by atoms with van der Waals surface area (Å²) in [5.74, 6) is -1.88. The molecule has 166 valence electrons. The van der Waals surface area contributed by atoms with E-state index in [0.717, 1.165) is 42.6 Å². The Balaban J connectivity index is 1.75. The van der Waals surface area contributed by atoms with Crippen LogP contribution in [0.15, 0.2) is 66.9 Å². The molecule has 5 nitrogen and oxygen atoms in total. The fourth-order valence-electron chi connectivity index (χ4n) is 2.72. The van der Waals surface area contributed by atoms with E-state index in [9.17, 15) is 35.9 Å². The fraction of sp³-hybridized carbons (Fsp3) is 0.0952. The van der Waals surface area contributed by atoms with Crippen LogP contribution in [0.4, 0.5) is 37.7 Å². The summed E-state index contributed by atoms with van der Waals surface area (Å²) >= 11 is 0. The number of carbonyl (C=O) groups is 2. The van der Waals surface area contributed by atoms with Crippen molar-refractivity contribution in [2.24, 2.45) is 0 Å². The Morgan fingerprint density at radius 2 is 1.12 bits per heavy atom. The van der Waals surface area contributed by atoms with Crippen molar-refractivity contribution in [1.82, 2.24) is 4.98 Å². The molecule has 0 bridgehead atoms. The molecule has 2 aromatic carbocycles. The summed E-state index contributed by atoms with van der Waals surface area (Å²) in [6.45, 7) is 0. The molecule has 1 heterocycles. The lowest BCUT2D eigenvalue weighted by Gasteiger charge is -2.14. The first-order valence-electron chi connectivity index (χ1n) is 8.88. The molecule has 0 saturated heterocycles. The van der Waals surface area contributed by atoms with Crippen LogP contribution >= 0.6 is 0 Å². The Bertz CT molecular complexity index is 1050. The Morgan fingerprint density at radius 1 is 0.656 bits per heavy atom. The molecule has 0 saturated carbocycles. The minimum atomic E-state index is -4.69. The molecule has 32 heavy (non-hydrogen) atoms. The van der Waals surface area contributed by atoms with E-state index in [1.54, 1.807) is 0 Å². The maximum absolute atomic E-state index is 13.0.